The Hall–Kier alpha value is -3.27. The van der Waals surface area contributed by atoms with Crippen molar-refractivity contribution >= 4 is 34.9 Å². The Morgan fingerprint density at radius 2 is 2.03 bits per heavy atom. The van der Waals surface area contributed by atoms with Gasteiger partial charge in [-0.1, -0.05) is 32.4 Å². The highest BCUT2D eigenvalue weighted by Gasteiger charge is 2.25. The molecule has 1 aromatic carbocycles. The zero-order chi connectivity index (χ0) is 22.1. The molecule has 160 valence electrons. The summed E-state index contributed by atoms with van der Waals surface area (Å²) in [6.45, 7) is 6.13. The lowest BCUT2D eigenvalue weighted by Gasteiger charge is -2.14. The Bertz CT molecular complexity index is 1100. The van der Waals surface area contributed by atoms with E-state index >= 15 is 0 Å². The minimum absolute atomic E-state index is 0.0236. The van der Waals surface area contributed by atoms with Gasteiger partial charge in [-0.25, -0.2) is 4.79 Å². The first-order chi connectivity index (χ1) is 14.1. The van der Waals surface area contributed by atoms with E-state index in [1.54, 1.807) is 12.1 Å². The number of carbonyl (C=O) groups excluding carboxylic acids is 2. The number of aromatic amines is 1. The highest BCUT2D eigenvalue weighted by atomic mass is 35.5. The van der Waals surface area contributed by atoms with E-state index in [2.05, 4.69) is 30.6 Å². The maximum absolute atomic E-state index is 12.1. The van der Waals surface area contributed by atoms with Crippen molar-refractivity contribution in [3.05, 3.63) is 28.9 Å². The van der Waals surface area contributed by atoms with Gasteiger partial charge in [0.15, 0.2) is 11.5 Å². The SMILES string of the molecule is COC(=O)NCCC(=O)Nc1ccc(O)c(-c2nn3nc(C(C)(C)C)c(Cl)c3[nH]2)c1. The molecule has 0 saturated heterocycles. The first-order valence-corrected chi connectivity index (χ1v) is 9.58. The fourth-order valence-electron chi connectivity index (χ4n) is 2.78. The van der Waals surface area contributed by atoms with Crippen LogP contribution in [0.1, 0.15) is 32.9 Å². The van der Waals surface area contributed by atoms with Crippen LogP contribution in [0, 0.1) is 0 Å². The van der Waals surface area contributed by atoms with Gasteiger partial charge in [0.1, 0.15) is 10.8 Å². The minimum atomic E-state index is -0.606. The highest BCUT2D eigenvalue weighted by Crippen LogP contribution is 2.34. The van der Waals surface area contributed by atoms with Crippen LogP contribution in [0.3, 0.4) is 0 Å². The number of nitrogens with one attached hydrogen (secondary N) is 3. The van der Waals surface area contributed by atoms with E-state index in [1.807, 2.05) is 20.8 Å². The van der Waals surface area contributed by atoms with Gasteiger partial charge >= 0.3 is 6.09 Å². The van der Waals surface area contributed by atoms with Crippen LogP contribution in [0.4, 0.5) is 10.5 Å². The van der Waals surface area contributed by atoms with E-state index in [0.717, 1.165) is 0 Å². The van der Waals surface area contributed by atoms with Crippen molar-refractivity contribution in [2.75, 3.05) is 19.0 Å². The van der Waals surface area contributed by atoms with Crippen molar-refractivity contribution in [2.24, 2.45) is 0 Å². The minimum Gasteiger partial charge on any atom is -0.507 e. The molecular weight excluding hydrogens is 412 g/mol. The smallest absolute Gasteiger partial charge is 0.406 e. The number of phenolic OH excluding ortho intramolecular Hbond substituents is 1. The molecule has 0 radical (unpaired) electrons. The zero-order valence-electron chi connectivity index (χ0n) is 17.0. The van der Waals surface area contributed by atoms with Crippen LogP contribution in [-0.4, -0.2) is 50.6 Å². The van der Waals surface area contributed by atoms with E-state index in [9.17, 15) is 14.7 Å². The summed E-state index contributed by atoms with van der Waals surface area (Å²) in [5.41, 5.74) is 1.81. The second kappa shape index (κ2) is 8.23. The molecule has 0 fully saturated rings. The predicted octanol–water partition coefficient (Wildman–Crippen LogP) is 3.07. The molecule has 11 heteroatoms. The molecule has 3 aromatic rings. The number of H-pyrrole nitrogens is 1. The van der Waals surface area contributed by atoms with Gasteiger partial charge in [-0.05, 0) is 18.2 Å². The van der Waals surface area contributed by atoms with Crippen LogP contribution in [0.25, 0.3) is 17.0 Å². The van der Waals surface area contributed by atoms with Crippen LogP contribution >= 0.6 is 11.6 Å². The highest BCUT2D eigenvalue weighted by molar-refractivity contribution is 6.34. The lowest BCUT2D eigenvalue weighted by Crippen LogP contribution is -2.27. The summed E-state index contributed by atoms with van der Waals surface area (Å²) in [6.07, 6.45) is -0.545. The Balaban J connectivity index is 1.80. The third-order valence-electron chi connectivity index (χ3n) is 4.29. The maximum Gasteiger partial charge on any atom is 0.406 e. The average Bonchev–Trinajstić information content (AvgIpc) is 3.22. The number of aromatic nitrogens is 4. The molecule has 2 aromatic heterocycles. The number of anilines is 1. The Morgan fingerprint density at radius 3 is 2.67 bits per heavy atom. The summed E-state index contributed by atoms with van der Waals surface area (Å²) in [7, 11) is 1.25. The summed E-state index contributed by atoms with van der Waals surface area (Å²) in [5.74, 6) is 0.0143. The second-order valence-electron chi connectivity index (χ2n) is 7.67. The molecule has 30 heavy (non-hydrogen) atoms. The van der Waals surface area contributed by atoms with Crippen molar-refractivity contribution in [1.29, 1.82) is 0 Å². The number of aromatic hydroxyl groups is 1. The number of alkyl carbamates (subject to hydrolysis) is 1. The molecule has 0 atom stereocenters. The lowest BCUT2D eigenvalue weighted by atomic mass is 9.92. The number of fused-ring (bicyclic) bond motifs is 1. The predicted molar refractivity (Wildman–Crippen MR) is 112 cm³/mol. The van der Waals surface area contributed by atoms with Crippen LogP contribution in [0.5, 0.6) is 5.75 Å². The maximum atomic E-state index is 12.1. The van der Waals surface area contributed by atoms with Gasteiger partial charge in [-0.3, -0.25) is 4.79 Å². The molecule has 0 aliphatic rings. The number of carbonyl (C=O) groups is 2. The molecule has 0 saturated carbocycles. The number of nitrogens with zero attached hydrogens (tertiary/aromatic N) is 3. The largest absolute Gasteiger partial charge is 0.507 e. The third-order valence-corrected chi connectivity index (χ3v) is 4.65. The number of ether oxygens (including phenoxy) is 1. The average molecular weight is 435 g/mol. The quantitative estimate of drug-likeness (QED) is 0.456. The number of halogens is 1. The molecule has 0 bridgehead atoms. The second-order valence-corrected chi connectivity index (χ2v) is 8.05. The van der Waals surface area contributed by atoms with Gasteiger partial charge in [0.25, 0.3) is 0 Å². The molecule has 3 rings (SSSR count). The van der Waals surface area contributed by atoms with Gasteiger partial charge in [0.05, 0.1) is 18.4 Å². The van der Waals surface area contributed by atoms with E-state index < -0.39 is 6.09 Å². The van der Waals surface area contributed by atoms with Gasteiger partial charge in [0, 0.05) is 24.1 Å². The van der Waals surface area contributed by atoms with E-state index in [4.69, 9.17) is 11.6 Å². The first-order valence-electron chi connectivity index (χ1n) is 9.20. The van der Waals surface area contributed by atoms with Crippen molar-refractivity contribution < 1.29 is 19.4 Å². The van der Waals surface area contributed by atoms with Crippen molar-refractivity contribution in [1.82, 2.24) is 25.1 Å². The van der Waals surface area contributed by atoms with Crippen molar-refractivity contribution in [3.8, 4) is 17.1 Å². The Morgan fingerprint density at radius 1 is 1.30 bits per heavy atom. The van der Waals surface area contributed by atoms with E-state index in [0.29, 0.717) is 33.4 Å². The van der Waals surface area contributed by atoms with Gasteiger partial charge in [-0.15, -0.1) is 9.73 Å². The molecule has 0 aliphatic carbocycles. The van der Waals surface area contributed by atoms with Gasteiger partial charge in [0.2, 0.25) is 5.91 Å². The fraction of sp³-hybridized carbons (Fsp3) is 0.368. The number of benzene rings is 1. The van der Waals surface area contributed by atoms with Gasteiger partial charge in [-0.2, -0.15) is 5.10 Å². The van der Waals surface area contributed by atoms with E-state index in [1.165, 1.54) is 17.8 Å². The Kier molecular flexibility index (Phi) is 5.88. The normalized spacial score (nSPS) is 11.5. The Labute approximate surface area is 177 Å². The molecule has 0 aliphatic heterocycles. The number of hydrogen-bond donors (Lipinski definition) is 4. The molecule has 2 heterocycles. The monoisotopic (exact) mass is 434 g/mol. The summed E-state index contributed by atoms with van der Waals surface area (Å²) >= 11 is 6.45. The van der Waals surface area contributed by atoms with Crippen LogP contribution in [0.2, 0.25) is 5.02 Å². The summed E-state index contributed by atoms with van der Waals surface area (Å²) in [5, 5.41) is 24.7. The number of rotatable bonds is 5. The molecule has 0 spiro atoms. The van der Waals surface area contributed by atoms with E-state index in [-0.39, 0.29) is 30.0 Å². The number of phenols is 1. The number of methoxy groups -OCH3 is 1. The molecule has 0 unspecified atom stereocenters. The molecule has 2 amide bonds. The topological polar surface area (TPSA) is 134 Å². The standard InChI is InChI=1S/C19H23ClN6O4/c1-19(2,3)15-14(20)17-23-16(25-26(17)24-15)11-9-10(5-6-12(11)27)22-13(28)7-8-21-18(29)30-4/h5-6,9,27H,7-8H2,1-4H3,(H,21,29)(H,22,28)(H,23,25). The summed E-state index contributed by atoms with van der Waals surface area (Å²) in [4.78, 5) is 26.2. The van der Waals surface area contributed by atoms with Gasteiger partial charge < -0.3 is 25.5 Å². The van der Waals surface area contributed by atoms with Crippen molar-refractivity contribution in [2.45, 2.75) is 32.6 Å². The lowest BCUT2D eigenvalue weighted by molar-refractivity contribution is -0.116. The summed E-state index contributed by atoms with van der Waals surface area (Å²) < 4.78 is 5.83. The summed E-state index contributed by atoms with van der Waals surface area (Å²) in [6, 6.07) is 4.59. The van der Waals surface area contributed by atoms with Crippen LogP contribution < -0.4 is 10.6 Å². The van der Waals surface area contributed by atoms with Crippen LogP contribution in [-0.2, 0) is 14.9 Å². The van der Waals surface area contributed by atoms with Crippen molar-refractivity contribution in [3.63, 3.8) is 0 Å². The number of amides is 2. The molecular formula is C19H23ClN6O4. The first kappa shape index (κ1) is 21.4. The molecule has 10 nitrogen and oxygen atoms in total. The fourth-order valence-corrected chi connectivity index (χ4v) is 3.22. The number of hydrogen-bond acceptors (Lipinski definition) is 6. The zero-order valence-corrected chi connectivity index (χ0v) is 17.8. The molecule has 4 N–H and O–H groups in total. The third kappa shape index (κ3) is 4.48. The van der Waals surface area contributed by atoms with Crippen LogP contribution in [0.15, 0.2) is 18.2 Å².